The van der Waals surface area contributed by atoms with E-state index in [1.165, 1.54) is 0 Å². The number of nitrogens with one attached hydrogen (secondary N) is 1. The lowest BCUT2D eigenvalue weighted by Gasteiger charge is -2.31. The normalized spacial score (nSPS) is 14.1. The maximum absolute atomic E-state index is 5.33. The van der Waals surface area contributed by atoms with E-state index in [-0.39, 0.29) is 5.54 Å². The lowest BCUT2D eigenvalue weighted by molar-refractivity contribution is 0.0953. The van der Waals surface area contributed by atoms with Gasteiger partial charge in [-0.15, -0.1) is 0 Å². The predicted molar refractivity (Wildman–Crippen MR) is 78.1 cm³/mol. The fourth-order valence-corrected chi connectivity index (χ4v) is 1.86. The maximum atomic E-state index is 5.33. The average molecular weight is 268 g/mol. The van der Waals surface area contributed by atoms with Crippen LogP contribution in [0.15, 0.2) is 12.4 Å². The molecule has 1 rings (SSSR count). The van der Waals surface area contributed by atoms with Crippen LogP contribution < -0.4 is 5.32 Å². The van der Waals surface area contributed by atoms with Gasteiger partial charge in [-0.1, -0.05) is 0 Å². The van der Waals surface area contributed by atoms with E-state index in [2.05, 4.69) is 47.6 Å². The van der Waals surface area contributed by atoms with Crippen molar-refractivity contribution >= 4 is 0 Å². The summed E-state index contributed by atoms with van der Waals surface area (Å²) in [7, 11) is 5.89. The third-order valence-corrected chi connectivity index (χ3v) is 3.16. The number of likely N-dealkylation sites (N-methyl/N-ethyl adjacent to an activating group) is 1. The van der Waals surface area contributed by atoms with Crippen LogP contribution in [0.4, 0.5) is 0 Å². The average Bonchev–Trinajstić information content (AvgIpc) is 2.69. The van der Waals surface area contributed by atoms with Gasteiger partial charge in [0.05, 0.1) is 13.2 Å². The zero-order valence-corrected chi connectivity index (χ0v) is 13.1. The molecule has 1 aromatic heterocycles. The molecule has 0 aliphatic rings. The highest BCUT2D eigenvalue weighted by atomic mass is 16.5. The van der Waals surface area contributed by atoms with Crippen LogP contribution >= 0.6 is 0 Å². The standard InChI is InChI=1S/C14H28N4O/c1-14(2,3)16-9-12(11-19-6)18(5)10-13-15-7-8-17(13)4/h7-8,12,16H,9-11H2,1-6H3. The number of aromatic nitrogens is 2. The van der Waals surface area contributed by atoms with Crippen LogP contribution in [0.1, 0.15) is 26.6 Å². The van der Waals surface area contributed by atoms with Crippen LogP contribution in [-0.4, -0.2) is 53.3 Å². The van der Waals surface area contributed by atoms with Crippen molar-refractivity contribution in [1.29, 1.82) is 0 Å². The zero-order valence-electron chi connectivity index (χ0n) is 13.1. The number of ether oxygens (including phenoxy) is 1. The smallest absolute Gasteiger partial charge is 0.122 e. The second-order valence-corrected chi connectivity index (χ2v) is 6.11. The quantitative estimate of drug-likeness (QED) is 0.808. The number of imidazole rings is 1. The molecule has 1 aromatic rings. The molecular weight excluding hydrogens is 240 g/mol. The highest BCUT2D eigenvalue weighted by Crippen LogP contribution is 2.06. The van der Waals surface area contributed by atoms with Crippen LogP contribution in [0.2, 0.25) is 0 Å². The van der Waals surface area contributed by atoms with E-state index in [1.54, 1.807) is 7.11 Å². The van der Waals surface area contributed by atoms with Crippen molar-refractivity contribution in [3.63, 3.8) is 0 Å². The Morgan fingerprint density at radius 1 is 1.47 bits per heavy atom. The molecule has 0 aliphatic carbocycles. The first-order valence-electron chi connectivity index (χ1n) is 6.74. The van der Waals surface area contributed by atoms with E-state index >= 15 is 0 Å². The summed E-state index contributed by atoms with van der Waals surface area (Å²) in [5.41, 5.74) is 0.121. The van der Waals surface area contributed by atoms with Crippen LogP contribution in [0.5, 0.6) is 0 Å². The maximum Gasteiger partial charge on any atom is 0.122 e. The molecule has 0 aliphatic heterocycles. The summed E-state index contributed by atoms with van der Waals surface area (Å²) in [6.45, 7) is 8.96. The summed E-state index contributed by atoms with van der Waals surface area (Å²) in [6.07, 6.45) is 3.81. The molecule has 5 nitrogen and oxygen atoms in total. The molecule has 1 unspecified atom stereocenters. The molecule has 19 heavy (non-hydrogen) atoms. The first kappa shape index (κ1) is 16.1. The first-order valence-corrected chi connectivity index (χ1v) is 6.74. The van der Waals surface area contributed by atoms with Gasteiger partial charge in [0.25, 0.3) is 0 Å². The van der Waals surface area contributed by atoms with Gasteiger partial charge in [-0.25, -0.2) is 4.98 Å². The molecule has 0 aromatic carbocycles. The van der Waals surface area contributed by atoms with E-state index in [0.29, 0.717) is 12.6 Å². The number of methoxy groups -OCH3 is 1. The van der Waals surface area contributed by atoms with Gasteiger partial charge in [0.15, 0.2) is 0 Å². The number of hydrogen-bond acceptors (Lipinski definition) is 4. The van der Waals surface area contributed by atoms with Crippen molar-refractivity contribution in [3.8, 4) is 0 Å². The molecule has 1 atom stereocenters. The summed E-state index contributed by atoms with van der Waals surface area (Å²) in [5.74, 6) is 1.07. The molecule has 0 radical (unpaired) electrons. The summed E-state index contributed by atoms with van der Waals surface area (Å²) >= 11 is 0. The molecule has 0 fully saturated rings. The van der Waals surface area contributed by atoms with Gasteiger partial charge in [-0.2, -0.15) is 0 Å². The summed E-state index contributed by atoms with van der Waals surface area (Å²) < 4.78 is 7.38. The van der Waals surface area contributed by atoms with E-state index < -0.39 is 0 Å². The first-order chi connectivity index (χ1) is 8.83. The fourth-order valence-electron chi connectivity index (χ4n) is 1.86. The van der Waals surface area contributed by atoms with Crippen molar-refractivity contribution in [1.82, 2.24) is 19.8 Å². The Hall–Kier alpha value is -0.910. The van der Waals surface area contributed by atoms with Crippen molar-refractivity contribution < 1.29 is 4.74 Å². The van der Waals surface area contributed by atoms with Gasteiger partial charge in [0.2, 0.25) is 0 Å². The van der Waals surface area contributed by atoms with Gasteiger partial charge in [-0.05, 0) is 27.8 Å². The summed E-state index contributed by atoms with van der Waals surface area (Å²) in [4.78, 5) is 6.65. The van der Waals surface area contributed by atoms with Gasteiger partial charge in [0, 0.05) is 44.7 Å². The monoisotopic (exact) mass is 268 g/mol. The Kier molecular flexibility index (Phi) is 5.97. The Bertz CT molecular complexity index is 370. The molecule has 0 bridgehead atoms. The Labute approximate surface area is 117 Å². The highest BCUT2D eigenvalue weighted by Gasteiger charge is 2.19. The van der Waals surface area contributed by atoms with Crippen molar-refractivity contribution in [2.75, 3.05) is 27.3 Å². The molecule has 110 valence electrons. The number of rotatable bonds is 7. The van der Waals surface area contributed by atoms with Crippen LogP contribution in [0.25, 0.3) is 0 Å². The second-order valence-electron chi connectivity index (χ2n) is 6.11. The SMILES string of the molecule is COCC(CNC(C)(C)C)N(C)Cc1nccn1C. The van der Waals surface area contributed by atoms with Crippen LogP contribution in [-0.2, 0) is 18.3 Å². The van der Waals surface area contributed by atoms with Gasteiger partial charge >= 0.3 is 0 Å². The Morgan fingerprint density at radius 3 is 2.63 bits per heavy atom. The van der Waals surface area contributed by atoms with Crippen molar-refractivity contribution in [2.45, 2.75) is 38.9 Å². The largest absolute Gasteiger partial charge is 0.383 e. The third kappa shape index (κ3) is 5.72. The molecule has 1 heterocycles. The predicted octanol–water partition coefficient (Wildman–Crippen LogP) is 1.25. The molecular formula is C14H28N4O. The Morgan fingerprint density at radius 2 is 2.16 bits per heavy atom. The molecule has 0 amide bonds. The van der Waals surface area contributed by atoms with Crippen molar-refractivity contribution in [3.05, 3.63) is 18.2 Å². The lowest BCUT2D eigenvalue weighted by atomic mass is 10.1. The van der Waals surface area contributed by atoms with Gasteiger partial charge in [0.1, 0.15) is 5.82 Å². The minimum absolute atomic E-state index is 0.121. The highest BCUT2D eigenvalue weighted by molar-refractivity contribution is 4.92. The molecule has 0 saturated carbocycles. The number of hydrogen-bond donors (Lipinski definition) is 1. The van der Waals surface area contributed by atoms with Crippen LogP contribution in [0, 0.1) is 0 Å². The summed E-state index contributed by atoms with van der Waals surface area (Å²) in [5, 5.41) is 3.53. The lowest BCUT2D eigenvalue weighted by Crippen LogP contribution is -2.48. The van der Waals surface area contributed by atoms with E-state index in [1.807, 2.05) is 19.4 Å². The summed E-state index contributed by atoms with van der Waals surface area (Å²) in [6, 6.07) is 0.334. The topological polar surface area (TPSA) is 42.3 Å². The van der Waals surface area contributed by atoms with Gasteiger partial charge in [-0.3, -0.25) is 4.90 Å². The fraction of sp³-hybridized carbons (Fsp3) is 0.786. The van der Waals surface area contributed by atoms with Gasteiger partial charge < -0.3 is 14.6 Å². The zero-order chi connectivity index (χ0) is 14.5. The van der Waals surface area contributed by atoms with Crippen LogP contribution in [0.3, 0.4) is 0 Å². The third-order valence-electron chi connectivity index (χ3n) is 3.16. The van der Waals surface area contributed by atoms with E-state index in [4.69, 9.17) is 4.74 Å². The number of nitrogens with zero attached hydrogens (tertiary/aromatic N) is 3. The molecule has 0 spiro atoms. The minimum Gasteiger partial charge on any atom is -0.383 e. The van der Waals surface area contributed by atoms with Crippen molar-refractivity contribution in [2.24, 2.45) is 7.05 Å². The molecule has 0 saturated heterocycles. The second kappa shape index (κ2) is 7.03. The minimum atomic E-state index is 0.121. The van der Waals surface area contributed by atoms with E-state index in [9.17, 15) is 0 Å². The van der Waals surface area contributed by atoms with E-state index in [0.717, 1.165) is 18.9 Å². The Balaban J connectivity index is 2.57. The molecule has 5 heteroatoms. The number of aryl methyl sites for hydroxylation is 1. The molecule has 1 N–H and O–H groups in total.